The van der Waals surface area contributed by atoms with Gasteiger partial charge in [-0.2, -0.15) is 0 Å². The summed E-state index contributed by atoms with van der Waals surface area (Å²) in [6, 6.07) is -8.48. The highest BCUT2D eigenvalue weighted by Crippen LogP contribution is 2.32. The number of guanidine groups is 6. The van der Waals surface area contributed by atoms with Crippen LogP contribution in [0.15, 0.2) is 42.6 Å². The summed E-state index contributed by atoms with van der Waals surface area (Å²) in [5.41, 5.74) is 72.6. The maximum atomic E-state index is 14.6. The highest BCUT2D eigenvalue weighted by molar-refractivity contribution is 5.97. The number of rotatable bonds is 46. The molecule has 36 N–H and O–H groups in total. The van der Waals surface area contributed by atoms with Crippen molar-refractivity contribution in [2.75, 3.05) is 51.5 Å². The van der Waals surface area contributed by atoms with Crippen molar-refractivity contribution in [2.24, 2.45) is 98.8 Å². The molecule has 0 saturated carbocycles. The Morgan fingerprint density at radius 3 is 1.18 bits per heavy atom. The molecule has 3 heterocycles. The first-order valence-electron chi connectivity index (χ1n) is 31.2. The largest absolute Gasteiger partial charge is 0.480 e. The predicted molar refractivity (Wildman–Crippen MR) is 355 cm³/mol. The Labute approximate surface area is 552 Å². The minimum absolute atomic E-state index is 0.00211. The lowest BCUT2D eigenvalue weighted by Crippen LogP contribution is -2.59. The molecule has 10 atom stereocenters. The van der Waals surface area contributed by atoms with Gasteiger partial charge in [0.25, 0.3) is 5.91 Å². The van der Waals surface area contributed by atoms with Crippen LogP contribution in [0, 0.1) is 0 Å². The number of unbranched alkanes of at least 4 members (excludes halogenated alkanes) is 4. The summed E-state index contributed by atoms with van der Waals surface area (Å²) in [6.45, 7) is 0.305. The number of carbonyl (C=O) groups excluding carboxylic acids is 7. The number of hydrogen-bond acceptors (Lipinski definition) is 21. The molecule has 0 unspecified atom stereocenters. The smallest absolute Gasteiger partial charge is 0.326 e. The summed E-state index contributed by atoms with van der Waals surface area (Å²) in [4.78, 5) is 146. The van der Waals surface area contributed by atoms with Gasteiger partial charge in [0.1, 0.15) is 60.3 Å². The molecular weight excluding hydrogens is 1260 g/mol. The van der Waals surface area contributed by atoms with Crippen LogP contribution >= 0.6 is 0 Å². The number of nitrogens with zero attached hydrogens (tertiary/aromatic N) is 10. The number of nitrogens with one attached hydrogen (secondary N) is 7. The number of ether oxygens (including phenoxy) is 1. The van der Waals surface area contributed by atoms with Crippen molar-refractivity contribution < 1.29 is 58.4 Å². The van der Waals surface area contributed by atoms with E-state index in [1.807, 2.05) is 0 Å². The third kappa shape index (κ3) is 30.1. The van der Waals surface area contributed by atoms with Crippen molar-refractivity contribution in [1.29, 1.82) is 0 Å². The van der Waals surface area contributed by atoms with Gasteiger partial charge in [-0.05, 0) is 89.9 Å². The number of fused-ring (bicyclic) bond motifs is 1. The van der Waals surface area contributed by atoms with Gasteiger partial charge >= 0.3 is 5.97 Å². The Hall–Kier alpha value is -10.4. The number of amides is 7. The van der Waals surface area contributed by atoms with E-state index in [0.717, 1.165) is 0 Å². The SMILES string of the molecule is NC(N)=NCCC[C@H](NC(=O)[C@H](CCCN=C(N)N)NC(=O)[C@H](CCCN=C(N)N)NC(=O)[C@H](CCCN=C(N)N)NC(=O)[C@H](CCCN=C(N)N)NC(=O)[C@H](CCCN=C(N)N)NC(=O)CCCCCCCNC(=O)[C@H]1O[C@@H](n2cnc3c(N)ncnc32)[C@H](O)[C@@H]1O)C(=O)O. The van der Waals surface area contributed by atoms with E-state index in [1.54, 1.807) is 0 Å². The number of aliphatic carboxylic acids is 1. The van der Waals surface area contributed by atoms with E-state index in [1.165, 1.54) is 17.2 Å². The number of aromatic nitrogens is 4. The average molecular weight is 1360 g/mol. The second kappa shape index (κ2) is 42.8. The Morgan fingerprint density at radius 1 is 0.458 bits per heavy atom. The fourth-order valence-corrected chi connectivity index (χ4v) is 9.67. The monoisotopic (exact) mass is 1360 g/mol. The first-order chi connectivity index (χ1) is 45.6. The van der Waals surface area contributed by atoms with E-state index in [4.69, 9.17) is 79.3 Å². The number of carbonyl (C=O) groups is 8. The molecule has 2 aromatic rings. The van der Waals surface area contributed by atoms with Gasteiger partial charge in [0.2, 0.25) is 35.4 Å². The van der Waals surface area contributed by atoms with Crippen LogP contribution in [-0.2, 0) is 43.1 Å². The van der Waals surface area contributed by atoms with Crippen LogP contribution in [0.3, 0.4) is 0 Å². The number of anilines is 1. The second-order valence-corrected chi connectivity index (χ2v) is 22.3. The van der Waals surface area contributed by atoms with Gasteiger partial charge < -0.3 is 132 Å². The van der Waals surface area contributed by atoms with E-state index in [-0.39, 0.29) is 182 Å². The van der Waals surface area contributed by atoms with E-state index in [9.17, 15) is 53.7 Å². The molecule has 3 rings (SSSR count). The third-order valence-electron chi connectivity index (χ3n) is 14.5. The van der Waals surface area contributed by atoms with E-state index in [2.05, 4.69) is 82.1 Å². The number of imidazole rings is 1. The Bertz CT molecular complexity index is 3030. The molecule has 1 saturated heterocycles. The third-order valence-corrected chi connectivity index (χ3v) is 14.5. The summed E-state index contributed by atoms with van der Waals surface area (Å²) in [6.07, 6.45) is -0.307. The van der Waals surface area contributed by atoms with Crippen LogP contribution < -0.4 is 112 Å². The molecule has 2 aromatic heterocycles. The van der Waals surface area contributed by atoms with Gasteiger partial charge in [0.15, 0.2) is 59.6 Å². The van der Waals surface area contributed by atoms with Gasteiger partial charge in [0, 0.05) is 52.2 Å². The number of hydrogen-bond donors (Lipinski definition) is 23. The molecule has 536 valence electrons. The molecule has 7 amide bonds. The molecular formula is C54H98N30O12. The fraction of sp³-hybridized carbons (Fsp3) is 0.648. The van der Waals surface area contributed by atoms with Crippen LogP contribution in [0.2, 0.25) is 0 Å². The lowest BCUT2D eigenvalue weighted by molar-refractivity contribution is -0.142. The topological polar surface area (TPSA) is 747 Å². The molecule has 0 radical (unpaired) electrons. The maximum Gasteiger partial charge on any atom is 0.326 e. The zero-order valence-corrected chi connectivity index (χ0v) is 53.6. The number of nitrogens with two attached hydrogens (primary N) is 13. The standard InChI is InChI=1S/C54H98N30O12/c55-39-35-40(76-26-75-39)84(27-77-35)47-37(87)36(86)38(96-47)46(93)68-19-5-3-1-2-4-18-34(85)78-28(12-6-20-69-49(56)57)41(88)79-29(13-7-21-70-50(58)59)42(89)80-30(14-8-22-71-51(60)61)43(90)81-31(15-9-23-72-52(62)63)44(91)82-32(16-10-24-73-53(64)65)45(92)83-33(48(94)95)17-11-25-74-54(66)67/h26-33,36-38,47,86-87H,1-25H2,(H,68,93)(H,78,85)(H,79,88)(H,80,89)(H,81,90)(H,82,91)(H,83,92)(H,94,95)(H2,55,75,76)(H4,56,57,69)(H4,58,59,70)(H4,60,61,71)(H4,62,63,72)(H4,64,65,73)(H4,66,67,74)/t28-,29-,30-,31-,32-,33-,36-,37+,38-,47+/m0/s1. The molecule has 96 heavy (non-hydrogen) atoms. The van der Waals surface area contributed by atoms with Crippen molar-refractivity contribution >= 4 is 100 Å². The number of carboxylic acids is 1. The Morgan fingerprint density at radius 2 is 0.802 bits per heavy atom. The molecule has 42 nitrogen and oxygen atoms in total. The quantitative estimate of drug-likeness (QED) is 0.0166. The molecule has 1 aliphatic heterocycles. The van der Waals surface area contributed by atoms with Gasteiger partial charge in [-0.25, -0.2) is 19.7 Å². The lowest BCUT2D eigenvalue weighted by atomic mass is 10.0. The highest BCUT2D eigenvalue weighted by atomic mass is 16.6. The van der Waals surface area contributed by atoms with Crippen LogP contribution in [0.4, 0.5) is 5.82 Å². The molecule has 1 fully saturated rings. The molecule has 0 bridgehead atoms. The lowest BCUT2D eigenvalue weighted by Gasteiger charge is -2.27. The van der Waals surface area contributed by atoms with Crippen LogP contribution in [0.5, 0.6) is 0 Å². The van der Waals surface area contributed by atoms with Crippen LogP contribution in [-0.4, -0.2) is 218 Å². The fourth-order valence-electron chi connectivity index (χ4n) is 9.67. The highest BCUT2D eigenvalue weighted by Gasteiger charge is 2.48. The average Bonchev–Trinajstić information content (AvgIpc) is 1.62. The molecule has 1 aliphatic rings. The Balaban J connectivity index is 1.79. The zero-order valence-electron chi connectivity index (χ0n) is 53.6. The molecule has 0 aromatic carbocycles. The second-order valence-electron chi connectivity index (χ2n) is 22.3. The minimum Gasteiger partial charge on any atom is -0.480 e. The van der Waals surface area contributed by atoms with Crippen molar-refractivity contribution in [3.05, 3.63) is 12.7 Å². The van der Waals surface area contributed by atoms with Gasteiger partial charge in [0.05, 0.1) is 6.33 Å². The van der Waals surface area contributed by atoms with Crippen molar-refractivity contribution in [2.45, 2.75) is 176 Å². The normalized spacial score (nSPS) is 16.6. The predicted octanol–water partition coefficient (Wildman–Crippen LogP) is -9.20. The van der Waals surface area contributed by atoms with E-state index in [0.29, 0.717) is 32.1 Å². The minimum atomic E-state index is -1.56. The van der Waals surface area contributed by atoms with Gasteiger partial charge in [-0.15, -0.1) is 0 Å². The van der Waals surface area contributed by atoms with Gasteiger partial charge in [-0.1, -0.05) is 19.3 Å². The van der Waals surface area contributed by atoms with E-state index < -0.39 is 108 Å². The summed E-state index contributed by atoms with van der Waals surface area (Å²) in [5, 5.41) is 50.0. The molecule has 0 aliphatic carbocycles. The molecule has 42 heteroatoms. The number of carboxylic acid groups (broad SMARTS) is 1. The summed E-state index contributed by atoms with van der Waals surface area (Å²) in [7, 11) is 0. The number of aliphatic imine (C=N–C) groups is 6. The molecule has 0 spiro atoms. The first kappa shape index (κ1) is 79.8. The van der Waals surface area contributed by atoms with Crippen molar-refractivity contribution in [1.82, 2.24) is 56.7 Å². The summed E-state index contributed by atoms with van der Waals surface area (Å²) in [5.74, 6) is -8.34. The number of aliphatic hydroxyl groups is 2. The number of aliphatic hydroxyl groups excluding tert-OH is 2. The van der Waals surface area contributed by atoms with Crippen molar-refractivity contribution in [3.63, 3.8) is 0 Å². The summed E-state index contributed by atoms with van der Waals surface area (Å²) < 4.78 is 7.12. The Kier molecular flexibility index (Phi) is 35.6. The van der Waals surface area contributed by atoms with Crippen LogP contribution in [0.25, 0.3) is 11.2 Å². The van der Waals surface area contributed by atoms with Gasteiger partial charge in [-0.3, -0.25) is 68.1 Å². The van der Waals surface area contributed by atoms with Crippen molar-refractivity contribution in [3.8, 4) is 0 Å². The maximum absolute atomic E-state index is 14.6. The number of nitrogen functional groups attached to an aromatic ring is 1. The zero-order chi connectivity index (χ0) is 71.3. The van der Waals surface area contributed by atoms with Crippen LogP contribution in [0.1, 0.15) is 122 Å². The first-order valence-corrected chi connectivity index (χ1v) is 31.2. The van der Waals surface area contributed by atoms with E-state index >= 15 is 0 Å². The summed E-state index contributed by atoms with van der Waals surface area (Å²) >= 11 is 0.